The lowest BCUT2D eigenvalue weighted by Gasteiger charge is -2.13. The van der Waals surface area contributed by atoms with E-state index in [1.807, 2.05) is 31.2 Å². The van der Waals surface area contributed by atoms with Gasteiger partial charge in [0, 0.05) is 7.05 Å². The van der Waals surface area contributed by atoms with Crippen molar-refractivity contribution in [2.75, 3.05) is 7.05 Å². The van der Waals surface area contributed by atoms with Crippen LogP contribution in [0.1, 0.15) is 12.5 Å². The average Bonchev–Trinajstić information content (AvgIpc) is 2.16. The van der Waals surface area contributed by atoms with E-state index in [0.29, 0.717) is 0 Å². The Labute approximate surface area is 84.1 Å². The molecule has 0 aromatic heterocycles. The van der Waals surface area contributed by atoms with Crippen LogP contribution in [0.5, 0.6) is 5.75 Å². The Morgan fingerprint density at radius 1 is 1.50 bits per heavy atom. The van der Waals surface area contributed by atoms with Gasteiger partial charge in [-0.1, -0.05) is 12.1 Å². The fourth-order valence-corrected chi connectivity index (χ4v) is 1.15. The molecule has 0 radical (unpaired) electrons. The maximum Gasteiger partial charge on any atom is 0.260 e. The molecule has 0 aliphatic carbocycles. The summed E-state index contributed by atoms with van der Waals surface area (Å²) < 4.78 is 5.44. The van der Waals surface area contributed by atoms with Gasteiger partial charge in [-0.05, 0) is 31.5 Å². The number of rotatable bonds is 3. The zero-order valence-corrected chi connectivity index (χ0v) is 8.70. The fourth-order valence-electron chi connectivity index (χ4n) is 1.15. The van der Waals surface area contributed by atoms with Crippen LogP contribution in [-0.4, -0.2) is 19.1 Å². The van der Waals surface area contributed by atoms with E-state index in [0.717, 1.165) is 11.3 Å². The van der Waals surface area contributed by atoms with Gasteiger partial charge < -0.3 is 10.1 Å². The number of hydrogen-bond donors (Lipinski definition) is 1. The largest absolute Gasteiger partial charge is 0.481 e. The quantitative estimate of drug-likeness (QED) is 0.790. The second kappa shape index (κ2) is 4.65. The molecule has 0 aliphatic rings. The molecule has 0 heterocycles. The SMILES string of the molecule is CNC(=O)C(C)Oc1cccc(C)c1. The van der Waals surface area contributed by atoms with Gasteiger partial charge in [0.15, 0.2) is 6.10 Å². The van der Waals surface area contributed by atoms with Crippen molar-refractivity contribution in [2.24, 2.45) is 0 Å². The highest BCUT2D eigenvalue weighted by molar-refractivity contribution is 5.80. The van der Waals surface area contributed by atoms with E-state index in [1.54, 1.807) is 14.0 Å². The van der Waals surface area contributed by atoms with Crippen molar-refractivity contribution < 1.29 is 9.53 Å². The Balaban J connectivity index is 2.64. The molecule has 3 heteroatoms. The fraction of sp³-hybridized carbons (Fsp3) is 0.364. The lowest BCUT2D eigenvalue weighted by molar-refractivity contribution is -0.126. The first-order chi connectivity index (χ1) is 6.63. The predicted octanol–water partition coefficient (Wildman–Crippen LogP) is 1.51. The Morgan fingerprint density at radius 2 is 2.21 bits per heavy atom. The van der Waals surface area contributed by atoms with E-state index in [4.69, 9.17) is 4.74 Å². The highest BCUT2D eigenvalue weighted by Gasteiger charge is 2.11. The molecule has 1 atom stereocenters. The van der Waals surface area contributed by atoms with Crippen molar-refractivity contribution in [1.82, 2.24) is 5.32 Å². The Morgan fingerprint density at radius 3 is 2.79 bits per heavy atom. The number of nitrogens with one attached hydrogen (secondary N) is 1. The maximum atomic E-state index is 11.2. The summed E-state index contributed by atoms with van der Waals surface area (Å²) in [5.74, 6) is 0.604. The van der Waals surface area contributed by atoms with Gasteiger partial charge in [-0.25, -0.2) is 0 Å². The standard InChI is InChI=1S/C11H15NO2/c1-8-5-4-6-10(7-8)14-9(2)11(13)12-3/h4-7,9H,1-3H3,(H,12,13). The smallest absolute Gasteiger partial charge is 0.260 e. The lowest BCUT2D eigenvalue weighted by Crippen LogP contribution is -2.33. The first-order valence-corrected chi connectivity index (χ1v) is 4.58. The summed E-state index contributed by atoms with van der Waals surface area (Å²) in [7, 11) is 1.60. The molecule has 76 valence electrons. The third-order valence-corrected chi connectivity index (χ3v) is 1.92. The van der Waals surface area contributed by atoms with Crippen molar-refractivity contribution >= 4 is 5.91 Å². The summed E-state index contributed by atoms with van der Waals surface area (Å²) in [5, 5.41) is 2.54. The number of likely N-dealkylation sites (N-methyl/N-ethyl adjacent to an activating group) is 1. The minimum Gasteiger partial charge on any atom is -0.481 e. The van der Waals surface area contributed by atoms with Gasteiger partial charge >= 0.3 is 0 Å². The molecule has 0 aliphatic heterocycles. The Kier molecular flexibility index (Phi) is 3.51. The van der Waals surface area contributed by atoms with Crippen molar-refractivity contribution in [3.63, 3.8) is 0 Å². The number of benzene rings is 1. The number of carbonyl (C=O) groups is 1. The summed E-state index contributed by atoms with van der Waals surface area (Å²) in [6.45, 7) is 3.71. The topological polar surface area (TPSA) is 38.3 Å². The maximum absolute atomic E-state index is 11.2. The van der Waals surface area contributed by atoms with Crippen LogP contribution in [0.3, 0.4) is 0 Å². The summed E-state index contributed by atoms with van der Waals surface area (Å²) in [5.41, 5.74) is 1.12. The van der Waals surface area contributed by atoms with Crippen LogP contribution >= 0.6 is 0 Å². The summed E-state index contributed by atoms with van der Waals surface area (Å²) in [6.07, 6.45) is -0.457. The molecule has 1 unspecified atom stereocenters. The van der Waals surface area contributed by atoms with Crippen molar-refractivity contribution in [3.05, 3.63) is 29.8 Å². The highest BCUT2D eigenvalue weighted by atomic mass is 16.5. The second-order valence-corrected chi connectivity index (χ2v) is 3.19. The van der Waals surface area contributed by atoms with Crippen LogP contribution in [0.15, 0.2) is 24.3 Å². The zero-order valence-electron chi connectivity index (χ0n) is 8.70. The van der Waals surface area contributed by atoms with Gasteiger partial charge in [0.25, 0.3) is 5.91 Å². The van der Waals surface area contributed by atoms with Crippen molar-refractivity contribution in [1.29, 1.82) is 0 Å². The molecule has 1 amide bonds. The van der Waals surface area contributed by atoms with Crippen LogP contribution in [-0.2, 0) is 4.79 Å². The lowest BCUT2D eigenvalue weighted by atomic mass is 10.2. The molecule has 0 spiro atoms. The highest BCUT2D eigenvalue weighted by Crippen LogP contribution is 2.13. The van der Waals surface area contributed by atoms with Crippen molar-refractivity contribution in [2.45, 2.75) is 20.0 Å². The van der Waals surface area contributed by atoms with Crippen LogP contribution in [0.2, 0.25) is 0 Å². The normalized spacial score (nSPS) is 11.9. The molecule has 1 aromatic rings. The van der Waals surface area contributed by atoms with Crippen LogP contribution in [0, 0.1) is 6.92 Å². The molecule has 3 nitrogen and oxygen atoms in total. The van der Waals surface area contributed by atoms with E-state index in [1.165, 1.54) is 0 Å². The van der Waals surface area contributed by atoms with E-state index in [9.17, 15) is 4.79 Å². The van der Waals surface area contributed by atoms with Gasteiger partial charge in [0.05, 0.1) is 0 Å². The zero-order chi connectivity index (χ0) is 10.6. The van der Waals surface area contributed by atoms with Gasteiger partial charge in [-0.3, -0.25) is 4.79 Å². The van der Waals surface area contributed by atoms with E-state index < -0.39 is 6.10 Å². The number of aryl methyl sites for hydroxylation is 1. The molecule has 0 bridgehead atoms. The molecule has 1 aromatic carbocycles. The summed E-state index contributed by atoms with van der Waals surface area (Å²) in [6, 6.07) is 7.63. The van der Waals surface area contributed by atoms with Gasteiger partial charge in [-0.15, -0.1) is 0 Å². The number of carbonyl (C=O) groups excluding carboxylic acids is 1. The molecule has 14 heavy (non-hydrogen) atoms. The Bertz CT molecular complexity index is 323. The number of amides is 1. The van der Waals surface area contributed by atoms with Crippen molar-refractivity contribution in [3.8, 4) is 5.75 Å². The third-order valence-electron chi connectivity index (χ3n) is 1.92. The van der Waals surface area contributed by atoms with E-state index in [-0.39, 0.29) is 5.91 Å². The minimum absolute atomic E-state index is 0.119. The second-order valence-electron chi connectivity index (χ2n) is 3.19. The monoisotopic (exact) mass is 193 g/mol. The molecular weight excluding hydrogens is 178 g/mol. The van der Waals surface area contributed by atoms with Gasteiger partial charge in [-0.2, -0.15) is 0 Å². The molecule has 0 saturated heterocycles. The van der Waals surface area contributed by atoms with Gasteiger partial charge in [0.1, 0.15) is 5.75 Å². The van der Waals surface area contributed by atoms with E-state index >= 15 is 0 Å². The minimum atomic E-state index is -0.457. The van der Waals surface area contributed by atoms with Gasteiger partial charge in [0.2, 0.25) is 0 Å². The third kappa shape index (κ3) is 2.76. The molecule has 0 fully saturated rings. The molecular formula is C11H15NO2. The van der Waals surface area contributed by atoms with Crippen LogP contribution < -0.4 is 10.1 Å². The summed E-state index contributed by atoms with van der Waals surface area (Å²) in [4.78, 5) is 11.2. The molecule has 0 saturated carbocycles. The van der Waals surface area contributed by atoms with E-state index in [2.05, 4.69) is 5.32 Å². The molecule has 1 rings (SSSR count). The number of hydrogen-bond acceptors (Lipinski definition) is 2. The Hall–Kier alpha value is -1.51. The van der Waals surface area contributed by atoms with Crippen LogP contribution in [0.4, 0.5) is 0 Å². The first kappa shape index (κ1) is 10.6. The number of ether oxygens (including phenoxy) is 1. The molecule has 1 N–H and O–H groups in total. The van der Waals surface area contributed by atoms with Crippen LogP contribution in [0.25, 0.3) is 0 Å². The first-order valence-electron chi connectivity index (χ1n) is 4.58. The summed E-state index contributed by atoms with van der Waals surface area (Å²) >= 11 is 0. The average molecular weight is 193 g/mol. The predicted molar refractivity (Wildman–Crippen MR) is 55.3 cm³/mol.